The molecule has 1 aromatic rings. The molecule has 0 radical (unpaired) electrons. The number of carbonyl (C=O) groups is 1. The number of hydrogen-bond acceptors (Lipinski definition) is 3. The average molecular weight is 309 g/mol. The normalized spacial score (nSPS) is 11.5. The molecule has 1 aromatic carbocycles. The lowest BCUT2D eigenvalue weighted by Gasteiger charge is -2.24. The molecule has 5 heteroatoms. The minimum absolute atomic E-state index is 0.0236. The number of rotatable bonds is 5. The highest BCUT2D eigenvalue weighted by atomic mass is 32.2. The minimum atomic E-state index is -0.570. The Morgan fingerprint density at radius 1 is 1.52 bits per heavy atom. The van der Waals surface area contributed by atoms with Crippen LogP contribution in [0.25, 0.3) is 0 Å². The van der Waals surface area contributed by atoms with Crippen LogP contribution >= 0.6 is 11.8 Å². The van der Waals surface area contributed by atoms with Gasteiger partial charge >= 0.3 is 0 Å². The van der Waals surface area contributed by atoms with Crippen molar-refractivity contribution in [2.24, 2.45) is 0 Å². The largest absolute Gasteiger partial charge is 0.395 e. The number of benzene rings is 1. The zero-order valence-corrected chi connectivity index (χ0v) is 13.3. The molecule has 0 spiro atoms. The van der Waals surface area contributed by atoms with Gasteiger partial charge in [0, 0.05) is 30.8 Å². The average Bonchev–Trinajstić information content (AvgIpc) is 2.46. The fourth-order valence-electron chi connectivity index (χ4n) is 1.73. The van der Waals surface area contributed by atoms with Gasteiger partial charge in [-0.15, -0.1) is 0 Å². The molecule has 0 heterocycles. The van der Waals surface area contributed by atoms with E-state index < -0.39 is 5.82 Å². The Morgan fingerprint density at radius 3 is 2.81 bits per heavy atom. The molecule has 3 nitrogen and oxygen atoms in total. The number of nitrogens with zero attached hydrogens (tertiary/aromatic N) is 1. The van der Waals surface area contributed by atoms with E-state index in [-0.39, 0.29) is 24.1 Å². The van der Waals surface area contributed by atoms with Crippen LogP contribution in [-0.4, -0.2) is 47.6 Å². The lowest BCUT2D eigenvalue weighted by molar-refractivity contribution is 0.0753. The van der Waals surface area contributed by atoms with E-state index in [9.17, 15) is 9.18 Å². The second-order valence-electron chi connectivity index (χ2n) is 4.69. The van der Waals surface area contributed by atoms with Crippen molar-refractivity contribution in [2.75, 3.05) is 25.7 Å². The molecule has 1 unspecified atom stereocenters. The van der Waals surface area contributed by atoms with Crippen LogP contribution in [0.4, 0.5) is 4.39 Å². The molecule has 1 atom stereocenters. The monoisotopic (exact) mass is 309 g/mol. The standard InChI is InChI=1S/C16H20FNO2S/c1-12(11-21-3)18(2)16(20)14-8-7-13(10-15(14)17)6-4-5-9-19/h7-8,10,12,19H,5,9,11H2,1-3H3. The molecule has 1 amide bonds. The zero-order valence-electron chi connectivity index (χ0n) is 12.5. The van der Waals surface area contributed by atoms with E-state index in [1.807, 2.05) is 13.2 Å². The quantitative estimate of drug-likeness (QED) is 0.849. The molecular formula is C16H20FNO2S. The summed E-state index contributed by atoms with van der Waals surface area (Å²) in [6.45, 7) is 1.91. The van der Waals surface area contributed by atoms with Crippen molar-refractivity contribution in [1.82, 2.24) is 4.90 Å². The van der Waals surface area contributed by atoms with Crippen molar-refractivity contribution >= 4 is 17.7 Å². The first-order valence-corrected chi connectivity index (χ1v) is 8.06. The summed E-state index contributed by atoms with van der Waals surface area (Å²) >= 11 is 1.64. The fraction of sp³-hybridized carbons (Fsp3) is 0.438. The molecule has 1 rings (SSSR count). The summed E-state index contributed by atoms with van der Waals surface area (Å²) in [5, 5.41) is 8.64. The van der Waals surface area contributed by atoms with Crippen molar-refractivity contribution in [3.8, 4) is 11.8 Å². The molecular weight excluding hydrogens is 289 g/mol. The molecule has 0 aliphatic carbocycles. The number of amides is 1. The first-order valence-electron chi connectivity index (χ1n) is 6.66. The Morgan fingerprint density at radius 2 is 2.24 bits per heavy atom. The van der Waals surface area contributed by atoms with Gasteiger partial charge in [-0.3, -0.25) is 4.79 Å². The first kappa shape index (κ1) is 17.5. The van der Waals surface area contributed by atoms with E-state index in [4.69, 9.17) is 5.11 Å². The lowest BCUT2D eigenvalue weighted by Crippen LogP contribution is -2.37. The van der Waals surface area contributed by atoms with Gasteiger partial charge in [-0.25, -0.2) is 4.39 Å². The number of aliphatic hydroxyl groups excluding tert-OH is 1. The number of carbonyl (C=O) groups excluding carboxylic acids is 1. The minimum Gasteiger partial charge on any atom is -0.395 e. The molecule has 0 aliphatic heterocycles. The van der Waals surface area contributed by atoms with Gasteiger partial charge in [0.25, 0.3) is 5.91 Å². The maximum atomic E-state index is 14.0. The Kier molecular flexibility index (Phi) is 7.27. The third-order valence-corrected chi connectivity index (χ3v) is 3.87. The molecule has 114 valence electrons. The van der Waals surface area contributed by atoms with E-state index >= 15 is 0 Å². The summed E-state index contributed by atoms with van der Waals surface area (Å²) in [4.78, 5) is 13.8. The zero-order chi connectivity index (χ0) is 15.8. The molecule has 0 aromatic heterocycles. The van der Waals surface area contributed by atoms with E-state index in [1.54, 1.807) is 29.8 Å². The van der Waals surface area contributed by atoms with Gasteiger partial charge in [0.1, 0.15) is 5.82 Å². The van der Waals surface area contributed by atoms with Crippen LogP contribution < -0.4 is 0 Å². The number of thioether (sulfide) groups is 1. The summed E-state index contributed by atoms with van der Waals surface area (Å²) in [5.74, 6) is 5.37. The van der Waals surface area contributed by atoms with Crippen LogP contribution in [0.1, 0.15) is 29.3 Å². The predicted octanol–water partition coefficient (Wildman–Crippen LogP) is 2.38. The maximum Gasteiger partial charge on any atom is 0.256 e. The Bertz CT molecular complexity index is 551. The lowest BCUT2D eigenvalue weighted by atomic mass is 10.1. The Labute approximate surface area is 129 Å². The van der Waals surface area contributed by atoms with E-state index in [0.717, 1.165) is 5.75 Å². The number of aliphatic hydroxyl groups is 1. The summed E-state index contributed by atoms with van der Waals surface area (Å²) in [6.07, 6.45) is 2.31. The van der Waals surface area contributed by atoms with Crippen LogP contribution in [0.2, 0.25) is 0 Å². The van der Waals surface area contributed by atoms with Crippen LogP contribution in [0.15, 0.2) is 18.2 Å². The third-order valence-electron chi connectivity index (χ3n) is 3.06. The molecule has 0 saturated carbocycles. The molecule has 21 heavy (non-hydrogen) atoms. The molecule has 0 bridgehead atoms. The van der Waals surface area contributed by atoms with Crippen molar-refractivity contribution in [1.29, 1.82) is 0 Å². The number of hydrogen-bond donors (Lipinski definition) is 1. The van der Waals surface area contributed by atoms with Gasteiger partial charge in [0.05, 0.1) is 12.2 Å². The summed E-state index contributed by atoms with van der Waals surface area (Å²) in [7, 11) is 1.68. The highest BCUT2D eigenvalue weighted by Crippen LogP contribution is 2.14. The topological polar surface area (TPSA) is 40.5 Å². The van der Waals surface area contributed by atoms with Crippen molar-refractivity contribution in [3.63, 3.8) is 0 Å². The third kappa shape index (κ3) is 5.07. The van der Waals surface area contributed by atoms with E-state index in [0.29, 0.717) is 12.0 Å². The Hall–Kier alpha value is -1.51. The maximum absolute atomic E-state index is 14.0. The second kappa shape index (κ2) is 8.71. The summed E-state index contributed by atoms with van der Waals surface area (Å²) in [6, 6.07) is 4.37. The SMILES string of the molecule is CSCC(C)N(C)C(=O)c1ccc(C#CCCO)cc1F. The van der Waals surface area contributed by atoms with Crippen LogP contribution in [0, 0.1) is 17.7 Å². The highest BCUT2D eigenvalue weighted by Gasteiger charge is 2.20. The van der Waals surface area contributed by atoms with Gasteiger partial charge in [0.15, 0.2) is 0 Å². The van der Waals surface area contributed by atoms with Crippen molar-refractivity contribution in [3.05, 3.63) is 35.1 Å². The summed E-state index contributed by atoms with van der Waals surface area (Å²) < 4.78 is 14.0. The predicted molar refractivity (Wildman–Crippen MR) is 84.9 cm³/mol. The molecule has 0 saturated heterocycles. The van der Waals surface area contributed by atoms with Gasteiger partial charge in [0.2, 0.25) is 0 Å². The van der Waals surface area contributed by atoms with Crippen LogP contribution in [-0.2, 0) is 0 Å². The van der Waals surface area contributed by atoms with Gasteiger partial charge in [-0.05, 0) is 31.4 Å². The van der Waals surface area contributed by atoms with Crippen molar-refractivity contribution in [2.45, 2.75) is 19.4 Å². The van der Waals surface area contributed by atoms with Gasteiger partial charge in [-0.1, -0.05) is 11.8 Å². The van der Waals surface area contributed by atoms with Crippen LogP contribution in [0.3, 0.4) is 0 Å². The van der Waals surface area contributed by atoms with Crippen molar-refractivity contribution < 1.29 is 14.3 Å². The van der Waals surface area contributed by atoms with Crippen LogP contribution in [0.5, 0.6) is 0 Å². The van der Waals surface area contributed by atoms with Gasteiger partial charge < -0.3 is 10.0 Å². The van der Waals surface area contributed by atoms with E-state index in [2.05, 4.69) is 11.8 Å². The first-order chi connectivity index (χ1) is 10.0. The molecule has 0 aliphatic rings. The fourth-order valence-corrected chi connectivity index (χ4v) is 2.44. The highest BCUT2D eigenvalue weighted by molar-refractivity contribution is 7.98. The van der Waals surface area contributed by atoms with Gasteiger partial charge in [-0.2, -0.15) is 11.8 Å². The Balaban J connectivity index is 2.90. The number of halogens is 1. The summed E-state index contributed by atoms with van der Waals surface area (Å²) in [5.41, 5.74) is 0.551. The molecule has 1 N–H and O–H groups in total. The second-order valence-corrected chi connectivity index (χ2v) is 5.60. The smallest absolute Gasteiger partial charge is 0.256 e. The molecule has 0 fully saturated rings. The van der Waals surface area contributed by atoms with E-state index in [1.165, 1.54) is 12.1 Å².